The fourth-order valence-electron chi connectivity index (χ4n) is 1.28. The molecule has 0 fully saturated rings. The highest BCUT2D eigenvalue weighted by Crippen LogP contribution is 2.34. The molecule has 0 saturated heterocycles. The Morgan fingerprint density at radius 2 is 2.06 bits per heavy atom. The van der Waals surface area contributed by atoms with Gasteiger partial charge >= 0.3 is 0 Å². The summed E-state index contributed by atoms with van der Waals surface area (Å²) in [5, 5.41) is 21.1. The van der Waals surface area contributed by atoms with E-state index in [-0.39, 0.29) is 17.5 Å². The first-order valence-electron chi connectivity index (χ1n) is 4.64. The molecule has 17 heavy (non-hydrogen) atoms. The first-order chi connectivity index (χ1) is 8.06. The molecular weight excluding hydrogens is 240 g/mol. The highest BCUT2D eigenvalue weighted by molar-refractivity contribution is 7.13. The Bertz CT molecular complexity index is 575. The maximum atomic E-state index is 9.65. The Morgan fingerprint density at radius 3 is 2.76 bits per heavy atom. The SMILES string of the molecule is NC(N)=Nc1nc(-c2cc(O)ccc2O)cs1. The van der Waals surface area contributed by atoms with Crippen LogP contribution in [0.15, 0.2) is 28.6 Å². The smallest absolute Gasteiger partial charge is 0.212 e. The number of aliphatic imine (C=N–C) groups is 1. The number of thiazole rings is 1. The summed E-state index contributed by atoms with van der Waals surface area (Å²) in [7, 11) is 0. The summed E-state index contributed by atoms with van der Waals surface area (Å²) in [6.07, 6.45) is 0. The molecule has 0 aliphatic carbocycles. The standard InChI is InChI=1S/C10H10N4O2S/c11-9(12)14-10-13-7(4-17-10)6-3-5(15)1-2-8(6)16/h1-4,15-16H,(H4,11,12,13,14). The summed E-state index contributed by atoms with van der Waals surface area (Å²) in [6.45, 7) is 0. The predicted molar refractivity (Wildman–Crippen MR) is 66.3 cm³/mol. The van der Waals surface area contributed by atoms with Gasteiger partial charge in [0.15, 0.2) is 5.96 Å². The van der Waals surface area contributed by atoms with E-state index >= 15 is 0 Å². The van der Waals surface area contributed by atoms with Crippen LogP contribution in [0, 0.1) is 0 Å². The Balaban J connectivity index is 2.43. The van der Waals surface area contributed by atoms with Crippen LogP contribution in [0.4, 0.5) is 5.13 Å². The minimum Gasteiger partial charge on any atom is -0.508 e. The number of rotatable bonds is 2. The van der Waals surface area contributed by atoms with Gasteiger partial charge in [-0.15, -0.1) is 11.3 Å². The van der Waals surface area contributed by atoms with Crippen molar-refractivity contribution in [3.63, 3.8) is 0 Å². The van der Waals surface area contributed by atoms with Crippen molar-refractivity contribution in [1.82, 2.24) is 4.98 Å². The second-order valence-electron chi connectivity index (χ2n) is 3.25. The van der Waals surface area contributed by atoms with Gasteiger partial charge in [0.2, 0.25) is 5.13 Å². The van der Waals surface area contributed by atoms with E-state index in [1.165, 1.54) is 29.5 Å². The number of nitrogens with zero attached hydrogens (tertiary/aromatic N) is 2. The molecule has 6 N–H and O–H groups in total. The second kappa shape index (κ2) is 4.30. The van der Waals surface area contributed by atoms with E-state index in [0.29, 0.717) is 16.4 Å². The molecule has 0 saturated carbocycles. The van der Waals surface area contributed by atoms with Crippen molar-refractivity contribution >= 4 is 22.4 Å². The lowest BCUT2D eigenvalue weighted by molar-refractivity contribution is 0.462. The zero-order chi connectivity index (χ0) is 12.4. The highest BCUT2D eigenvalue weighted by atomic mass is 32.1. The average molecular weight is 250 g/mol. The summed E-state index contributed by atoms with van der Waals surface area (Å²) >= 11 is 1.24. The van der Waals surface area contributed by atoms with Crippen LogP contribution < -0.4 is 11.5 Å². The third-order valence-corrected chi connectivity index (χ3v) is 2.71. The zero-order valence-electron chi connectivity index (χ0n) is 8.66. The van der Waals surface area contributed by atoms with Crippen LogP contribution in [0.2, 0.25) is 0 Å². The number of phenolic OH excluding ortho intramolecular Hbond substituents is 2. The molecule has 2 aromatic rings. The van der Waals surface area contributed by atoms with Gasteiger partial charge in [-0.1, -0.05) is 0 Å². The van der Waals surface area contributed by atoms with Gasteiger partial charge in [0.1, 0.15) is 11.5 Å². The van der Waals surface area contributed by atoms with E-state index in [1.54, 1.807) is 5.38 Å². The summed E-state index contributed by atoms with van der Waals surface area (Å²) in [5.74, 6) is 0.00423. The fraction of sp³-hybridized carbons (Fsp3) is 0. The van der Waals surface area contributed by atoms with E-state index < -0.39 is 0 Å². The van der Waals surface area contributed by atoms with Crippen LogP contribution in [0.25, 0.3) is 11.3 Å². The monoisotopic (exact) mass is 250 g/mol. The molecule has 0 radical (unpaired) electrons. The van der Waals surface area contributed by atoms with Crippen LogP contribution in [0.3, 0.4) is 0 Å². The first kappa shape index (κ1) is 11.2. The molecule has 1 aromatic carbocycles. The van der Waals surface area contributed by atoms with Crippen molar-refractivity contribution < 1.29 is 10.2 Å². The lowest BCUT2D eigenvalue weighted by atomic mass is 10.1. The van der Waals surface area contributed by atoms with Crippen LogP contribution in [-0.4, -0.2) is 21.2 Å². The summed E-state index contributed by atoms with van der Waals surface area (Å²) in [6, 6.07) is 4.20. The molecule has 88 valence electrons. The number of guanidine groups is 1. The molecule has 2 rings (SSSR count). The molecule has 0 unspecified atom stereocenters. The number of aromatic nitrogens is 1. The summed E-state index contributed by atoms with van der Waals surface area (Å²) < 4.78 is 0. The largest absolute Gasteiger partial charge is 0.508 e. The normalized spacial score (nSPS) is 10.1. The molecule has 0 aliphatic rings. The van der Waals surface area contributed by atoms with E-state index in [9.17, 15) is 10.2 Å². The quantitative estimate of drug-likeness (QED) is 0.362. The van der Waals surface area contributed by atoms with Gasteiger partial charge in [0.05, 0.1) is 5.69 Å². The summed E-state index contributed by atoms with van der Waals surface area (Å²) in [5.41, 5.74) is 11.4. The molecule has 0 spiro atoms. The summed E-state index contributed by atoms with van der Waals surface area (Å²) in [4.78, 5) is 7.92. The van der Waals surface area contributed by atoms with E-state index in [1.807, 2.05) is 0 Å². The maximum Gasteiger partial charge on any atom is 0.212 e. The predicted octanol–water partition coefficient (Wildman–Crippen LogP) is 1.13. The molecule has 1 aromatic heterocycles. The zero-order valence-corrected chi connectivity index (χ0v) is 9.48. The highest BCUT2D eigenvalue weighted by Gasteiger charge is 2.09. The Kier molecular flexibility index (Phi) is 2.84. The number of benzene rings is 1. The Labute approximate surface area is 101 Å². The van der Waals surface area contributed by atoms with Crippen molar-refractivity contribution in [3.8, 4) is 22.8 Å². The third-order valence-electron chi connectivity index (χ3n) is 1.97. The first-order valence-corrected chi connectivity index (χ1v) is 5.52. The molecule has 0 bridgehead atoms. The van der Waals surface area contributed by atoms with Crippen molar-refractivity contribution in [2.45, 2.75) is 0 Å². The number of phenols is 2. The minimum atomic E-state index is -0.0777. The fourth-order valence-corrected chi connectivity index (χ4v) is 1.98. The molecule has 6 nitrogen and oxygen atoms in total. The third kappa shape index (κ3) is 2.45. The van der Waals surface area contributed by atoms with Crippen molar-refractivity contribution in [2.24, 2.45) is 16.5 Å². The van der Waals surface area contributed by atoms with Gasteiger partial charge in [-0.3, -0.25) is 0 Å². The average Bonchev–Trinajstić information content (AvgIpc) is 2.69. The van der Waals surface area contributed by atoms with E-state index in [4.69, 9.17) is 11.5 Å². The lowest BCUT2D eigenvalue weighted by Gasteiger charge is -2.01. The number of aromatic hydroxyl groups is 2. The lowest BCUT2D eigenvalue weighted by Crippen LogP contribution is -2.21. The van der Waals surface area contributed by atoms with Gasteiger partial charge < -0.3 is 21.7 Å². The van der Waals surface area contributed by atoms with Gasteiger partial charge in [-0.25, -0.2) is 4.98 Å². The maximum absolute atomic E-state index is 9.65. The molecule has 0 aliphatic heterocycles. The van der Waals surface area contributed by atoms with E-state index in [0.717, 1.165) is 0 Å². The minimum absolute atomic E-state index is 0.0318. The van der Waals surface area contributed by atoms with Gasteiger partial charge in [-0.05, 0) is 18.2 Å². The van der Waals surface area contributed by atoms with Crippen molar-refractivity contribution in [3.05, 3.63) is 23.6 Å². The Morgan fingerprint density at radius 1 is 1.29 bits per heavy atom. The Hall–Kier alpha value is -2.28. The van der Waals surface area contributed by atoms with Crippen molar-refractivity contribution in [2.75, 3.05) is 0 Å². The molecular formula is C10H10N4O2S. The molecule has 1 heterocycles. The van der Waals surface area contributed by atoms with Gasteiger partial charge in [0, 0.05) is 10.9 Å². The van der Waals surface area contributed by atoms with Crippen LogP contribution in [0.5, 0.6) is 11.5 Å². The van der Waals surface area contributed by atoms with Crippen LogP contribution in [0.1, 0.15) is 0 Å². The second-order valence-corrected chi connectivity index (χ2v) is 4.09. The van der Waals surface area contributed by atoms with Crippen molar-refractivity contribution in [1.29, 1.82) is 0 Å². The van der Waals surface area contributed by atoms with Gasteiger partial charge in [0.25, 0.3) is 0 Å². The molecule has 7 heteroatoms. The van der Waals surface area contributed by atoms with E-state index in [2.05, 4.69) is 9.98 Å². The molecule has 0 atom stereocenters. The van der Waals surface area contributed by atoms with Crippen LogP contribution in [-0.2, 0) is 0 Å². The number of hydrogen-bond donors (Lipinski definition) is 4. The number of nitrogens with two attached hydrogens (primary N) is 2. The van der Waals surface area contributed by atoms with Gasteiger partial charge in [-0.2, -0.15) is 4.99 Å². The molecule has 0 amide bonds. The topological polar surface area (TPSA) is 118 Å². The van der Waals surface area contributed by atoms with Crippen LogP contribution >= 0.6 is 11.3 Å². The number of hydrogen-bond acceptors (Lipinski definition) is 5.